The van der Waals surface area contributed by atoms with Crippen molar-refractivity contribution >= 4 is 11.9 Å². The third-order valence-corrected chi connectivity index (χ3v) is 3.91. The molecule has 5 nitrogen and oxygen atoms in total. The van der Waals surface area contributed by atoms with Crippen LogP contribution in [0.2, 0.25) is 0 Å². The molecule has 24 heavy (non-hydrogen) atoms. The first-order chi connectivity index (χ1) is 11.6. The van der Waals surface area contributed by atoms with Crippen molar-refractivity contribution in [2.75, 3.05) is 31.1 Å². The molecule has 0 atom stereocenters. The van der Waals surface area contributed by atoms with Gasteiger partial charge >= 0.3 is 0 Å². The van der Waals surface area contributed by atoms with Crippen LogP contribution < -0.4 is 4.90 Å². The molecule has 2 aromatic rings. The average molecular weight is 320 g/mol. The smallest absolute Gasteiger partial charge is 0.298 e. The van der Waals surface area contributed by atoms with E-state index in [2.05, 4.69) is 26.7 Å². The van der Waals surface area contributed by atoms with E-state index in [9.17, 15) is 4.79 Å². The highest BCUT2D eigenvalue weighted by Gasteiger charge is 2.21. The van der Waals surface area contributed by atoms with Crippen LogP contribution in [-0.2, 0) is 4.79 Å². The predicted molar refractivity (Wildman–Crippen MR) is 93.6 cm³/mol. The van der Waals surface area contributed by atoms with Gasteiger partial charge in [-0.05, 0) is 32.0 Å². The molecule has 1 aromatic heterocycles. The third-order valence-electron chi connectivity index (χ3n) is 3.91. The quantitative estimate of drug-likeness (QED) is 0.752. The van der Waals surface area contributed by atoms with E-state index in [1.165, 1.54) is 0 Å². The molecule has 1 aliphatic heterocycles. The van der Waals surface area contributed by atoms with Crippen LogP contribution in [0.15, 0.2) is 36.4 Å². The molecular formula is C19H20N4O. The summed E-state index contributed by atoms with van der Waals surface area (Å²) in [5.74, 6) is 6.27. The number of aryl methyl sites for hydroxylation is 2. The number of amides is 1. The molecule has 0 saturated carbocycles. The summed E-state index contributed by atoms with van der Waals surface area (Å²) in [6.07, 6.45) is 0. The van der Waals surface area contributed by atoms with Gasteiger partial charge in [-0.15, -0.1) is 0 Å². The van der Waals surface area contributed by atoms with Gasteiger partial charge in [-0.2, -0.15) is 0 Å². The summed E-state index contributed by atoms with van der Waals surface area (Å²) in [7, 11) is 0. The van der Waals surface area contributed by atoms with E-state index in [1.807, 2.05) is 50.2 Å². The Morgan fingerprint density at radius 2 is 1.62 bits per heavy atom. The second-order valence-electron chi connectivity index (χ2n) is 5.85. The minimum atomic E-state index is -0.125. The molecule has 0 radical (unpaired) electrons. The number of carbonyl (C=O) groups is 1. The largest absolute Gasteiger partial charge is 0.337 e. The Morgan fingerprint density at radius 1 is 1.00 bits per heavy atom. The van der Waals surface area contributed by atoms with Crippen molar-refractivity contribution in [1.82, 2.24) is 14.9 Å². The lowest BCUT2D eigenvalue weighted by Crippen LogP contribution is -2.49. The van der Waals surface area contributed by atoms with Crippen molar-refractivity contribution in [2.24, 2.45) is 0 Å². The molecule has 2 heterocycles. The van der Waals surface area contributed by atoms with Gasteiger partial charge in [0, 0.05) is 49.1 Å². The van der Waals surface area contributed by atoms with Gasteiger partial charge < -0.3 is 9.80 Å². The molecule has 1 saturated heterocycles. The fraction of sp³-hybridized carbons (Fsp3) is 0.316. The minimum Gasteiger partial charge on any atom is -0.337 e. The number of nitrogens with zero attached hydrogens (tertiary/aromatic N) is 4. The molecule has 1 aliphatic rings. The van der Waals surface area contributed by atoms with Gasteiger partial charge in [-0.3, -0.25) is 4.79 Å². The summed E-state index contributed by atoms with van der Waals surface area (Å²) in [6.45, 7) is 6.66. The predicted octanol–water partition coefficient (Wildman–Crippen LogP) is 1.79. The van der Waals surface area contributed by atoms with Gasteiger partial charge in [0.2, 0.25) is 5.95 Å². The first kappa shape index (κ1) is 16.0. The van der Waals surface area contributed by atoms with Crippen molar-refractivity contribution in [1.29, 1.82) is 0 Å². The van der Waals surface area contributed by atoms with E-state index >= 15 is 0 Å². The Bertz CT molecular complexity index is 764. The van der Waals surface area contributed by atoms with Gasteiger partial charge in [0.15, 0.2) is 0 Å². The lowest BCUT2D eigenvalue weighted by Gasteiger charge is -2.33. The summed E-state index contributed by atoms with van der Waals surface area (Å²) in [4.78, 5) is 25.1. The molecule has 0 N–H and O–H groups in total. The molecule has 0 unspecified atom stereocenters. The maximum Gasteiger partial charge on any atom is 0.298 e. The second kappa shape index (κ2) is 7.14. The first-order valence-corrected chi connectivity index (χ1v) is 8.05. The van der Waals surface area contributed by atoms with E-state index in [1.54, 1.807) is 4.90 Å². The highest BCUT2D eigenvalue weighted by molar-refractivity contribution is 5.94. The zero-order valence-corrected chi connectivity index (χ0v) is 14.0. The number of benzene rings is 1. The van der Waals surface area contributed by atoms with Gasteiger partial charge in [-0.1, -0.05) is 24.1 Å². The van der Waals surface area contributed by atoms with Gasteiger partial charge in [0.25, 0.3) is 5.91 Å². The van der Waals surface area contributed by atoms with Crippen LogP contribution in [0.4, 0.5) is 5.95 Å². The van der Waals surface area contributed by atoms with Crippen LogP contribution in [0.25, 0.3) is 0 Å². The normalized spacial score (nSPS) is 14.1. The van der Waals surface area contributed by atoms with E-state index in [-0.39, 0.29) is 5.91 Å². The fourth-order valence-corrected chi connectivity index (χ4v) is 2.68. The molecular weight excluding hydrogens is 300 g/mol. The zero-order chi connectivity index (χ0) is 16.9. The van der Waals surface area contributed by atoms with Crippen molar-refractivity contribution in [2.45, 2.75) is 13.8 Å². The summed E-state index contributed by atoms with van der Waals surface area (Å²) in [5, 5.41) is 0. The molecule has 1 aromatic carbocycles. The van der Waals surface area contributed by atoms with Gasteiger partial charge in [0.05, 0.1) is 0 Å². The second-order valence-corrected chi connectivity index (χ2v) is 5.85. The number of piperazine rings is 1. The highest BCUT2D eigenvalue weighted by atomic mass is 16.2. The molecule has 0 spiro atoms. The number of hydrogen-bond acceptors (Lipinski definition) is 4. The summed E-state index contributed by atoms with van der Waals surface area (Å²) in [6, 6.07) is 11.5. The number of anilines is 1. The van der Waals surface area contributed by atoms with Gasteiger partial charge in [0.1, 0.15) is 0 Å². The van der Waals surface area contributed by atoms with Crippen molar-refractivity contribution in [3.8, 4) is 11.8 Å². The average Bonchev–Trinajstić information content (AvgIpc) is 2.60. The van der Waals surface area contributed by atoms with Crippen LogP contribution in [-0.4, -0.2) is 47.0 Å². The third kappa shape index (κ3) is 3.90. The number of aromatic nitrogens is 2. The molecule has 1 amide bonds. The molecule has 5 heteroatoms. The number of carbonyl (C=O) groups excluding carboxylic acids is 1. The number of hydrogen-bond donors (Lipinski definition) is 0. The van der Waals surface area contributed by atoms with Crippen LogP contribution in [0, 0.1) is 25.7 Å². The molecule has 1 fully saturated rings. The zero-order valence-electron chi connectivity index (χ0n) is 14.0. The van der Waals surface area contributed by atoms with Crippen LogP contribution in [0.3, 0.4) is 0 Å². The molecule has 122 valence electrons. The Balaban J connectivity index is 1.61. The molecule has 3 rings (SSSR count). The van der Waals surface area contributed by atoms with Crippen LogP contribution in [0.1, 0.15) is 17.0 Å². The maximum atomic E-state index is 12.2. The van der Waals surface area contributed by atoms with Crippen LogP contribution in [0.5, 0.6) is 0 Å². The van der Waals surface area contributed by atoms with Crippen molar-refractivity contribution in [3.63, 3.8) is 0 Å². The Morgan fingerprint density at radius 3 is 2.25 bits per heavy atom. The van der Waals surface area contributed by atoms with Gasteiger partial charge in [-0.25, -0.2) is 9.97 Å². The van der Waals surface area contributed by atoms with E-state index in [4.69, 9.17) is 0 Å². The molecule has 0 bridgehead atoms. The topological polar surface area (TPSA) is 49.3 Å². The van der Waals surface area contributed by atoms with E-state index < -0.39 is 0 Å². The summed E-state index contributed by atoms with van der Waals surface area (Å²) >= 11 is 0. The fourth-order valence-electron chi connectivity index (χ4n) is 2.68. The summed E-state index contributed by atoms with van der Waals surface area (Å²) in [5.41, 5.74) is 2.78. The molecule has 0 aliphatic carbocycles. The monoisotopic (exact) mass is 320 g/mol. The number of rotatable bonds is 1. The lowest BCUT2D eigenvalue weighted by atomic mass is 10.2. The van der Waals surface area contributed by atoms with Crippen molar-refractivity contribution in [3.05, 3.63) is 53.3 Å². The Kier molecular flexibility index (Phi) is 4.76. The Hall–Kier alpha value is -2.87. The summed E-state index contributed by atoms with van der Waals surface area (Å²) < 4.78 is 0. The SMILES string of the molecule is Cc1cc(C)nc(N2CCN(C(=O)C#Cc3ccccc3)CC2)n1. The minimum absolute atomic E-state index is 0.125. The maximum absolute atomic E-state index is 12.2. The van der Waals surface area contributed by atoms with Crippen molar-refractivity contribution < 1.29 is 4.79 Å². The first-order valence-electron chi connectivity index (χ1n) is 8.05. The van der Waals surface area contributed by atoms with Crippen LogP contribution >= 0.6 is 0 Å². The van der Waals surface area contributed by atoms with E-state index in [0.29, 0.717) is 13.1 Å². The highest BCUT2D eigenvalue weighted by Crippen LogP contribution is 2.13. The standard InChI is InChI=1S/C19H20N4O/c1-15-14-16(2)21-19(20-15)23-12-10-22(11-13-23)18(24)9-8-17-6-4-3-5-7-17/h3-7,14H,10-13H2,1-2H3. The Labute approximate surface area is 142 Å². The van der Waals surface area contributed by atoms with E-state index in [0.717, 1.165) is 36.0 Å². The lowest BCUT2D eigenvalue weighted by molar-refractivity contribution is -0.125.